The molecule has 0 aromatic heterocycles. The van der Waals surface area contributed by atoms with Crippen molar-refractivity contribution in [3.63, 3.8) is 0 Å². The summed E-state index contributed by atoms with van der Waals surface area (Å²) < 4.78 is 0. The minimum atomic E-state index is -0.359. The molecule has 0 bridgehead atoms. The Labute approximate surface area is 98.6 Å². The maximum Gasteiger partial charge on any atom is 0.269 e. The van der Waals surface area contributed by atoms with Gasteiger partial charge in [-0.05, 0) is 30.7 Å². The summed E-state index contributed by atoms with van der Waals surface area (Å²) in [5.74, 6) is 2.32. The van der Waals surface area contributed by atoms with Crippen molar-refractivity contribution in [3.8, 4) is 0 Å². The number of nitrogens with one attached hydrogen (secondary N) is 1. The molecule has 86 valence electrons. The van der Waals surface area contributed by atoms with Gasteiger partial charge in [0.1, 0.15) is 0 Å². The molecule has 0 amide bonds. The van der Waals surface area contributed by atoms with Gasteiger partial charge in [0.25, 0.3) is 5.69 Å². The lowest BCUT2D eigenvalue weighted by molar-refractivity contribution is -0.384. The lowest BCUT2D eigenvalue weighted by Crippen LogP contribution is -2.18. The van der Waals surface area contributed by atoms with Gasteiger partial charge in [0.15, 0.2) is 0 Å². The third kappa shape index (κ3) is 2.47. The normalized spacial score (nSPS) is 19.7. The molecule has 0 radical (unpaired) electrons. The third-order valence-electron chi connectivity index (χ3n) is 2.71. The Morgan fingerprint density at radius 2 is 2.38 bits per heavy atom. The van der Waals surface area contributed by atoms with Crippen molar-refractivity contribution in [1.82, 2.24) is 0 Å². The lowest BCUT2D eigenvalue weighted by Gasteiger charge is -2.14. The van der Waals surface area contributed by atoms with Crippen molar-refractivity contribution < 1.29 is 4.92 Å². The minimum absolute atomic E-state index is 0.156. The Morgan fingerprint density at radius 1 is 1.56 bits per heavy atom. The lowest BCUT2D eigenvalue weighted by atomic mass is 10.1. The average molecular weight is 238 g/mol. The number of non-ortho nitro benzene ring substituents is 1. The van der Waals surface area contributed by atoms with Gasteiger partial charge in [0.05, 0.1) is 4.92 Å². The third-order valence-corrected chi connectivity index (χ3v) is 3.87. The zero-order valence-corrected chi connectivity index (χ0v) is 9.92. The number of nitro benzene ring substituents is 1. The van der Waals surface area contributed by atoms with E-state index in [2.05, 4.69) is 5.32 Å². The Balaban J connectivity index is 2.12. The maximum atomic E-state index is 10.6. The van der Waals surface area contributed by atoms with Crippen molar-refractivity contribution in [3.05, 3.63) is 33.9 Å². The summed E-state index contributed by atoms with van der Waals surface area (Å²) in [7, 11) is 0. The Morgan fingerprint density at radius 3 is 2.94 bits per heavy atom. The van der Waals surface area contributed by atoms with Crippen LogP contribution in [0.25, 0.3) is 0 Å². The fourth-order valence-electron chi connectivity index (χ4n) is 1.79. The van der Waals surface area contributed by atoms with E-state index < -0.39 is 0 Å². The first-order valence-corrected chi connectivity index (χ1v) is 6.41. The van der Waals surface area contributed by atoms with Gasteiger partial charge >= 0.3 is 0 Å². The second kappa shape index (κ2) is 4.74. The van der Waals surface area contributed by atoms with Crippen LogP contribution in [0, 0.1) is 17.0 Å². The highest BCUT2D eigenvalue weighted by molar-refractivity contribution is 7.99. The van der Waals surface area contributed by atoms with Crippen molar-refractivity contribution in [2.24, 2.45) is 0 Å². The van der Waals surface area contributed by atoms with Gasteiger partial charge in [-0.3, -0.25) is 10.1 Å². The molecule has 1 heterocycles. The van der Waals surface area contributed by atoms with Crippen LogP contribution in [-0.4, -0.2) is 22.5 Å². The molecule has 1 aliphatic heterocycles. The van der Waals surface area contributed by atoms with Crippen LogP contribution in [0.5, 0.6) is 0 Å². The molecule has 1 saturated heterocycles. The fraction of sp³-hybridized carbons (Fsp3) is 0.455. The minimum Gasteiger partial charge on any atom is -0.381 e. The Kier molecular flexibility index (Phi) is 3.33. The first-order chi connectivity index (χ1) is 7.66. The Hall–Kier alpha value is -1.23. The van der Waals surface area contributed by atoms with Crippen LogP contribution in [0.3, 0.4) is 0 Å². The summed E-state index contributed by atoms with van der Waals surface area (Å²) >= 11 is 1.94. The summed E-state index contributed by atoms with van der Waals surface area (Å²) in [4.78, 5) is 10.2. The van der Waals surface area contributed by atoms with Crippen LogP contribution < -0.4 is 5.32 Å². The van der Waals surface area contributed by atoms with Crippen molar-refractivity contribution in [2.45, 2.75) is 19.4 Å². The predicted molar refractivity (Wildman–Crippen MR) is 67.2 cm³/mol. The van der Waals surface area contributed by atoms with Crippen molar-refractivity contribution in [2.75, 3.05) is 16.8 Å². The van der Waals surface area contributed by atoms with Gasteiger partial charge in [-0.25, -0.2) is 0 Å². The van der Waals surface area contributed by atoms with E-state index in [0.717, 1.165) is 17.0 Å². The summed E-state index contributed by atoms with van der Waals surface area (Å²) in [6.07, 6.45) is 1.17. The number of nitro groups is 1. The van der Waals surface area contributed by atoms with Crippen LogP contribution in [0.15, 0.2) is 18.2 Å². The fourth-order valence-corrected chi connectivity index (χ4v) is 2.94. The van der Waals surface area contributed by atoms with E-state index in [4.69, 9.17) is 0 Å². The zero-order chi connectivity index (χ0) is 11.5. The molecule has 0 saturated carbocycles. The zero-order valence-electron chi connectivity index (χ0n) is 9.10. The van der Waals surface area contributed by atoms with Crippen LogP contribution in [0.2, 0.25) is 0 Å². The standard InChI is InChI=1S/C11H14N2O2S/c1-8-6-10(13(14)15)2-3-11(8)12-9-4-5-16-7-9/h2-3,6,9,12H,4-5,7H2,1H3. The van der Waals surface area contributed by atoms with E-state index in [1.807, 2.05) is 18.7 Å². The first-order valence-electron chi connectivity index (χ1n) is 5.26. The number of nitrogens with zero attached hydrogens (tertiary/aromatic N) is 1. The van der Waals surface area contributed by atoms with Gasteiger partial charge in [-0.15, -0.1) is 0 Å². The van der Waals surface area contributed by atoms with E-state index in [1.165, 1.54) is 12.2 Å². The molecule has 0 aliphatic carbocycles. The smallest absolute Gasteiger partial charge is 0.269 e. The quantitative estimate of drug-likeness (QED) is 0.650. The molecule has 1 N–H and O–H groups in total. The molecule has 16 heavy (non-hydrogen) atoms. The van der Waals surface area contributed by atoms with Crippen LogP contribution >= 0.6 is 11.8 Å². The molecular formula is C11H14N2O2S. The maximum absolute atomic E-state index is 10.6. The number of thioether (sulfide) groups is 1. The number of hydrogen-bond donors (Lipinski definition) is 1. The van der Waals surface area contributed by atoms with Gasteiger partial charge in [-0.1, -0.05) is 0 Å². The highest BCUT2D eigenvalue weighted by Gasteiger charge is 2.16. The molecular weight excluding hydrogens is 224 g/mol. The van der Waals surface area contributed by atoms with E-state index >= 15 is 0 Å². The molecule has 1 aromatic rings. The highest BCUT2D eigenvalue weighted by atomic mass is 32.2. The van der Waals surface area contributed by atoms with Crippen LogP contribution in [0.1, 0.15) is 12.0 Å². The summed E-state index contributed by atoms with van der Waals surface area (Å²) in [5.41, 5.74) is 2.10. The molecule has 1 unspecified atom stereocenters. The molecule has 2 rings (SSSR count). The number of hydrogen-bond acceptors (Lipinski definition) is 4. The Bertz CT molecular complexity index is 403. The van der Waals surface area contributed by atoms with Gasteiger partial charge in [0, 0.05) is 29.6 Å². The molecule has 1 atom stereocenters. The first kappa shape index (κ1) is 11.3. The predicted octanol–water partition coefficient (Wildman–Crippen LogP) is 2.82. The molecule has 0 spiro atoms. The highest BCUT2D eigenvalue weighted by Crippen LogP contribution is 2.25. The second-order valence-corrected chi connectivity index (χ2v) is 5.11. The van der Waals surface area contributed by atoms with E-state index in [1.54, 1.807) is 18.2 Å². The largest absolute Gasteiger partial charge is 0.381 e. The van der Waals surface area contributed by atoms with E-state index in [0.29, 0.717) is 6.04 Å². The van der Waals surface area contributed by atoms with Gasteiger partial charge in [-0.2, -0.15) is 11.8 Å². The summed E-state index contributed by atoms with van der Waals surface area (Å²) in [6.45, 7) is 1.90. The van der Waals surface area contributed by atoms with Crippen molar-refractivity contribution in [1.29, 1.82) is 0 Å². The number of anilines is 1. The van der Waals surface area contributed by atoms with E-state index in [9.17, 15) is 10.1 Å². The number of aryl methyl sites for hydroxylation is 1. The summed E-state index contributed by atoms with van der Waals surface area (Å²) in [6, 6.07) is 5.48. The molecule has 1 fully saturated rings. The van der Waals surface area contributed by atoms with Crippen molar-refractivity contribution >= 4 is 23.1 Å². The van der Waals surface area contributed by atoms with Crippen LogP contribution in [-0.2, 0) is 0 Å². The van der Waals surface area contributed by atoms with Gasteiger partial charge in [0.2, 0.25) is 0 Å². The molecule has 4 nitrogen and oxygen atoms in total. The SMILES string of the molecule is Cc1cc([N+](=O)[O-])ccc1NC1CCSC1. The number of rotatable bonds is 3. The topological polar surface area (TPSA) is 55.2 Å². The average Bonchev–Trinajstić information content (AvgIpc) is 2.73. The van der Waals surface area contributed by atoms with Gasteiger partial charge < -0.3 is 5.32 Å². The molecule has 5 heteroatoms. The van der Waals surface area contributed by atoms with E-state index in [-0.39, 0.29) is 10.6 Å². The number of benzene rings is 1. The molecule has 1 aliphatic rings. The summed E-state index contributed by atoms with van der Waals surface area (Å²) in [5, 5.41) is 14.0. The molecule has 1 aromatic carbocycles. The van der Waals surface area contributed by atoms with Crippen LogP contribution in [0.4, 0.5) is 11.4 Å². The monoisotopic (exact) mass is 238 g/mol. The second-order valence-electron chi connectivity index (χ2n) is 3.96.